The van der Waals surface area contributed by atoms with Crippen molar-refractivity contribution in [3.63, 3.8) is 0 Å². The summed E-state index contributed by atoms with van der Waals surface area (Å²) in [7, 11) is 0. The maximum atomic E-state index is 11.6. The summed E-state index contributed by atoms with van der Waals surface area (Å²) in [5.41, 5.74) is 5.53. The molecule has 7 heteroatoms. The highest BCUT2D eigenvalue weighted by Gasteiger charge is 2.09. The summed E-state index contributed by atoms with van der Waals surface area (Å²) < 4.78 is 10.5. The molecular weight excluding hydrogens is 320 g/mol. The highest BCUT2D eigenvalue weighted by atomic mass is 35.5. The molecule has 1 aromatic carbocycles. The summed E-state index contributed by atoms with van der Waals surface area (Å²) >= 11 is 5.87. The Morgan fingerprint density at radius 1 is 1.26 bits per heavy atom. The number of benzene rings is 1. The van der Waals surface area contributed by atoms with E-state index in [4.69, 9.17) is 20.8 Å². The van der Waals surface area contributed by atoms with Gasteiger partial charge in [0.2, 0.25) is 5.91 Å². The number of hydrazine groups is 1. The number of furan rings is 1. The number of nitrogens with one attached hydrogen (secondary N) is 2. The van der Waals surface area contributed by atoms with Crippen LogP contribution in [0.2, 0.25) is 5.02 Å². The van der Waals surface area contributed by atoms with Crippen LogP contribution in [0.3, 0.4) is 0 Å². The SMILES string of the molecule is Cc1cc(Cl)ccc1OCCCC(=O)NNC(=O)c1ccco1. The lowest BCUT2D eigenvalue weighted by Gasteiger charge is -2.09. The van der Waals surface area contributed by atoms with E-state index in [0.29, 0.717) is 18.1 Å². The fourth-order valence-corrected chi connectivity index (χ4v) is 2.07. The first-order valence-electron chi connectivity index (χ1n) is 7.08. The Labute approximate surface area is 138 Å². The molecule has 1 heterocycles. The van der Waals surface area contributed by atoms with Crippen LogP contribution in [0.1, 0.15) is 29.0 Å². The van der Waals surface area contributed by atoms with Gasteiger partial charge in [0, 0.05) is 11.4 Å². The zero-order chi connectivity index (χ0) is 16.7. The van der Waals surface area contributed by atoms with E-state index in [1.807, 2.05) is 13.0 Å². The van der Waals surface area contributed by atoms with E-state index < -0.39 is 5.91 Å². The minimum atomic E-state index is -0.503. The molecular formula is C16H17ClN2O4. The monoisotopic (exact) mass is 336 g/mol. The van der Waals surface area contributed by atoms with Gasteiger partial charge in [-0.2, -0.15) is 0 Å². The number of carbonyl (C=O) groups is 2. The van der Waals surface area contributed by atoms with Crippen LogP contribution in [0.25, 0.3) is 0 Å². The fraction of sp³-hybridized carbons (Fsp3) is 0.250. The van der Waals surface area contributed by atoms with Crippen LogP contribution >= 0.6 is 11.6 Å². The van der Waals surface area contributed by atoms with Crippen LogP contribution in [-0.2, 0) is 4.79 Å². The maximum Gasteiger partial charge on any atom is 0.305 e. The molecule has 122 valence electrons. The third-order valence-corrected chi connectivity index (χ3v) is 3.24. The van der Waals surface area contributed by atoms with Gasteiger partial charge in [0.25, 0.3) is 0 Å². The molecule has 0 aliphatic heterocycles. The first-order chi connectivity index (χ1) is 11.1. The predicted octanol–water partition coefficient (Wildman–Crippen LogP) is 2.86. The van der Waals surface area contributed by atoms with Crippen molar-refractivity contribution in [2.24, 2.45) is 0 Å². The van der Waals surface area contributed by atoms with Gasteiger partial charge in [-0.05, 0) is 49.2 Å². The average molecular weight is 337 g/mol. The minimum Gasteiger partial charge on any atom is -0.493 e. The van der Waals surface area contributed by atoms with Gasteiger partial charge < -0.3 is 9.15 Å². The second-order valence-corrected chi connectivity index (χ2v) is 5.28. The molecule has 0 atom stereocenters. The van der Waals surface area contributed by atoms with E-state index in [2.05, 4.69) is 10.9 Å². The number of rotatable bonds is 6. The highest BCUT2D eigenvalue weighted by Crippen LogP contribution is 2.21. The van der Waals surface area contributed by atoms with Crippen LogP contribution in [0.5, 0.6) is 5.75 Å². The Bertz CT molecular complexity index is 671. The smallest absolute Gasteiger partial charge is 0.305 e. The van der Waals surface area contributed by atoms with Crippen molar-refractivity contribution in [1.82, 2.24) is 10.9 Å². The molecule has 2 rings (SSSR count). The van der Waals surface area contributed by atoms with E-state index in [1.54, 1.807) is 18.2 Å². The Kier molecular flexibility index (Phi) is 6.05. The normalized spacial score (nSPS) is 10.2. The summed E-state index contributed by atoms with van der Waals surface area (Å²) in [6, 6.07) is 8.45. The van der Waals surface area contributed by atoms with Gasteiger partial charge >= 0.3 is 5.91 Å². The molecule has 2 amide bonds. The van der Waals surface area contributed by atoms with Gasteiger partial charge in [-0.3, -0.25) is 20.4 Å². The van der Waals surface area contributed by atoms with Crippen LogP contribution in [0.15, 0.2) is 41.0 Å². The van der Waals surface area contributed by atoms with Crippen molar-refractivity contribution in [2.75, 3.05) is 6.61 Å². The number of hydrogen-bond donors (Lipinski definition) is 2. The molecule has 0 fully saturated rings. The van der Waals surface area contributed by atoms with Gasteiger partial charge in [-0.1, -0.05) is 11.6 Å². The Morgan fingerprint density at radius 3 is 2.78 bits per heavy atom. The fourth-order valence-electron chi connectivity index (χ4n) is 1.85. The Morgan fingerprint density at radius 2 is 2.09 bits per heavy atom. The zero-order valence-corrected chi connectivity index (χ0v) is 13.4. The molecule has 1 aromatic heterocycles. The van der Waals surface area contributed by atoms with E-state index in [1.165, 1.54) is 12.3 Å². The number of aryl methyl sites for hydroxylation is 1. The highest BCUT2D eigenvalue weighted by molar-refractivity contribution is 6.30. The number of amides is 2. The van der Waals surface area contributed by atoms with Crippen molar-refractivity contribution in [2.45, 2.75) is 19.8 Å². The molecule has 0 bridgehead atoms. The van der Waals surface area contributed by atoms with Gasteiger partial charge in [-0.25, -0.2) is 0 Å². The quantitative estimate of drug-likeness (QED) is 0.628. The molecule has 0 aliphatic carbocycles. The standard InChI is InChI=1S/C16H17ClN2O4/c1-11-10-12(17)6-7-13(11)22-9-3-5-15(20)18-19-16(21)14-4-2-8-23-14/h2,4,6-8,10H,3,5,9H2,1H3,(H,18,20)(H,19,21). The summed E-state index contributed by atoms with van der Waals surface area (Å²) in [5.74, 6) is 0.0606. The summed E-state index contributed by atoms with van der Waals surface area (Å²) in [6.45, 7) is 2.29. The molecule has 23 heavy (non-hydrogen) atoms. The first kappa shape index (κ1) is 16.9. The molecule has 0 spiro atoms. The second kappa shape index (κ2) is 8.24. The number of hydrogen-bond acceptors (Lipinski definition) is 4. The number of ether oxygens (including phenoxy) is 1. The molecule has 0 radical (unpaired) electrons. The van der Waals surface area contributed by atoms with Gasteiger partial charge in [-0.15, -0.1) is 0 Å². The van der Waals surface area contributed by atoms with E-state index >= 15 is 0 Å². The van der Waals surface area contributed by atoms with Crippen LogP contribution in [0, 0.1) is 6.92 Å². The van der Waals surface area contributed by atoms with E-state index in [-0.39, 0.29) is 18.1 Å². The Balaban J connectivity index is 1.64. The molecule has 0 saturated carbocycles. The number of carbonyl (C=O) groups excluding carboxylic acids is 2. The van der Waals surface area contributed by atoms with Crippen LogP contribution in [0.4, 0.5) is 0 Å². The summed E-state index contributed by atoms with van der Waals surface area (Å²) in [4.78, 5) is 23.1. The topological polar surface area (TPSA) is 80.6 Å². The first-order valence-corrected chi connectivity index (χ1v) is 7.45. The van der Waals surface area contributed by atoms with Crippen molar-refractivity contribution in [3.8, 4) is 5.75 Å². The maximum absolute atomic E-state index is 11.6. The number of halogens is 1. The van der Waals surface area contributed by atoms with Gasteiger partial charge in [0.15, 0.2) is 5.76 Å². The average Bonchev–Trinajstić information content (AvgIpc) is 3.05. The van der Waals surface area contributed by atoms with E-state index in [0.717, 1.165) is 11.3 Å². The molecule has 2 aromatic rings. The largest absolute Gasteiger partial charge is 0.493 e. The molecule has 0 aliphatic rings. The predicted molar refractivity (Wildman–Crippen MR) is 85.2 cm³/mol. The molecule has 2 N–H and O–H groups in total. The molecule has 0 unspecified atom stereocenters. The summed E-state index contributed by atoms with van der Waals surface area (Å²) in [5, 5.41) is 0.654. The van der Waals surface area contributed by atoms with Gasteiger partial charge in [0.1, 0.15) is 5.75 Å². The zero-order valence-electron chi connectivity index (χ0n) is 12.6. The van der Waals surface area contributed by atoms with Crippen molar-refractivity contribution in [3.05, 3.63) is 52.9 Å². The molecule has 6 nitrogen and oxygen atoms in total. The second-order valence-electron chi connectivity index (χ2n) is 4.84. The third kappa shape index (κ3) is 5.34. The lowest BCUT2D eigenvalue weighted by Crippen LogP contribution is -2.41. The van der Waals surface area contributed by atoms with Crippen molar-refractivity contribution >= 4 is 23.4 Å². The van der Waals surface area contributed by atoms with Crippen LogP contribution < -0.4 is 15.6 Å². The minimum absolute atomic E-state index is 0.131. The lowest BCUT2D eigenvalue weighted by atomic mass is 10.2. The third-order valence-electron chi connectivity index (χ3n) is 3.00. The summed E-state index contributed by atoms with van der Waals surface area (Å²) in [6.07, 6.45) is 2.13. The Hall–Kier alpha value is -2.47. The molecule has 0 saturated heterocycles. The lowest BCUT2D eigenvalue weighted by molar-refractivity contribution is -0.122. The van der Waals surface area contributed by atoms with Crippen molar-refractivity contribution in [1.29, 1.82) is 0 Å². The van der Waals surface area contributed by atoms with E-state index in [9.17, 15) is 9.59 Å². The van der Waals surface area contributed by atoms with Crippen LogP contribution in [-0.4, -0.2) is 18.4 Å². The van der Waals surface area contributed by atoms with Gasteiger partial charge in [0.05, 0.1) is 12.9 Å². The van der Waals surface area contributed by atoms with Crippen molar-refractivity contribution < 1.29 is 18.7 Å².